The molecule has 21 heavy (non-hydrogen) atoms. The van der Waals surface area contributed by atoms with Gasteiger partial charge in [0.05, 0.1) is 5.60 Å². The standard InChI is InChI=1S/C15H24N2O4/c1-15(20,11-17(2)3)10-16-8-9-21-13-7-5-4-6-12(13)14(18)19/h4-7,16,20H,8-11H2,1-3H3,(H,18,19). The average molecular weight is 296 g/mol. The fourth-order valence-electron chi connectivity index (χ4n) is 2.10. The van der Waals surface area contributed by atoms with Gasteiger partial charge < -0.3 is 25.2 Å². The maximum atomic E-state index is 11.0. The maximum Gasteiger partial charge on any atom is 0.339 e. The SMILES string of the molecule is CN(C)CC(C)(O)CNCCOc1ccccc1C(=O)O. The van der Waals surface area contributed by atoms with Gasteiger partial charge in [0.15, 0.2) is 0 Å². The molecule has 0 saturated carbocycles. The summed E-state index contributed by atoms with van der Waals surface area (Å²) in [6.45, 7) is 3.62. The van der Waals surface area contributed by atoms with Gasteiger partial charge in [-0.1, -0.05) is 12.1 Å². The summed E-state index contributed by atoms with van der Waals surface area (Å²) in [5.41, 5.74) is -0.667. The second-order valence-corrected chi connectivity index (χ2v) is 5.56. The van der Waals surface area contributed by atoms with Crippen LogP contribution in [0.3, 0.4) is 0 Å². The molecule has 0 aliphatic rings. The second kappa shape index (κ2) is 7.97. The first-order chi connectivity index (χ1) is 9.82. The summed E-state index contributed by atoms with van der Waals surface area (Å²) >= 11 is 0. The van der Waals surface area contributed by atoms with Crippen molar-refractivity contribution in [1.82, 2.24) is 10.2 Å². The number of carbonyl (C=O) groups is 1. The predicted molar refractivity (Wildman–Crippen MR) is 80.9 cm³/mol. The number of aromatic carboxylic acids is 1. The van der Waals surface area contributed by atoms with Crippen LogP contribution in [-0.2, 0) is 0 Å². The van der Waals surface area contributed by atoms with Gasteiger partial charge in [0.25, 0.3) is 0 Å². The zero-order chi connectivity index (χ0) is 15.9. The molecule has 0 radical (unpaired) electrons. The monoisotopic (exact) mass is 296 g/mol. The number of rotatable bonds is 9. The number of ether oxygens (including phenoxy) is 1. The molecule has 1 unspecified atom stereocenters. The van der Waals surface area contributed by atoms with Crippen molar-refractivity contribution in [3.63, 3.8) is 0 Å². The van der Waals surface area contributed by atoms with E-state index in [2.05, 4.69) is 5.32 Å². The van der Waals surface area contributed by atoms with Crippen LogP contribution in [0.2, 0.25) is 0 Å². The summed E-state index contributed by atoms with van der Waals surface area (Å²) in [5.74, 6) is -0.653. The molecule has 118 valence electrons. The predicted octanol–water partition coefficient (Wildman–Crippen LogP) is 0.666. The summed E-state index contributed by atoms with van der Waals surface area (Å²) in [7, 11) is 3.81. The highest BCUT2D eigenvalue weighted by Crippen LogP contribution is 2.17. The number of likely N-dealkylation sites (N-methyl/N-ethyl adjacent to an activating group) is 1. The quantitative estimate of drug-likeness (QED) is 0.581. The van der Waals surface area contributed by atoms with Crippen LogP contribution < -0.4 is 10.1 Å². The van der Waals surface area contributed by atoms with E-state index in [1.165, 1.54) is 6.07 Å². The van der Waals surface area contributed by atoms with Gasteiger partial charge in [-0.25, -0.2) is 4.79 Å². The Hall–Kier alpha value is -1.63. The molecule has 1 atom stereocenters. The highest BCUT2D eigenvalue weighted by atomic mass is 16.5. The number of hydrogen-bond donors (Lipinski definition) is 3. The van der Waals surface area contributed by atoms with Gasteiger partial charge in [-0.3, -0.25) is 0 Å². The highest BCUT2D eigenvalue weighted by Gasteiger charge is 2.20. The van der Waals surface area contributed by atoms with E-state index in [4.69, 9.17) is 9.84 Å². The fourth-order valence-corrected chi connectivity index (χ4v) is 2.10. The van der Waals surface area contributed by atoms with E-state index in [1.807, 2.05) is 19.0 Å². The zero-order valence-electron chi connectivity index (χ0n) is 12.8. The van der Waals surface area contributed by atoms with Crippen molar-refractivity contribution in [3.05, 3.63) is 29.8 Å². The molecule has 6 heteroatoms. The molecular formula is C15H24N2O4. The van der Waals surface area contributed by atoms with Crippen molar-refractivity contribution in [2.24, 2.45) is 0 Å². The number of carboxylic acids is 1. The van der Waals surface area contributed by atoms with Gasteiger partial charge in [-0.15, -0.1) is 0 Å². The van der Waals surface area contributed by atoms with Crippen LogP contribution in [0, 0.1) is 0 Å². The Bertz CT molecular complexity index is 461. The van der Waals surface area contributed by atoms with Crippen LogP contribution >= 0.6 is 0 Å². The molecule has 0 aliphatic carbocycles. The van der Waals surface area contributed by atoms with Crippen molar-refractivity contribution in [3.8, 4) is 5.75 Å². The molecular weight excluding hydrogens is 272 g/mol. The Morgan fingerprint density at radius 1 is 1.38 bits per heavy atom. The van der Waals surface area contributed by atoms with Crippen molar-refractivity contribution >= 4 is 5.97 Å². The molecule has 0 amide bonds. The summed E-state index contributed by atoms with van der Waals surface area (Å²) in [6.07, 6.45) is 0. The number of hydrogen-bond acceptors (Lipinski definition) is 5. The molecule has 0 heterocycles. The number of carboxylic acid groups (broad SMARTS) is 1. The van der Waals surface area contributed by atoms with Crippen molar-refractivity contribution in [2.45, 2.75) is 12.5 Å². The fraction of sp³-hybridized carbons (Fsp3) is 0.533. The first-order valence-electron chi connectivity index (χ1n) is 6.85. The molecule has 6 nitrogen and oxygen atoms in total. The molecule has 1 rings (SSSR count). The van der Waals surface area contributed by atoms with E-state index >= 15 is 0 Å². The molecule has 0 saturated heterocycles. The van der Waals surface area contributed by atoms with Crippen LogP contribution in [-0.4, -0.2) is 67.0 Å². The zero-order valence-corrected chi connectivity index (χ0v) is 12.8. The first-order valence-corrected chi connectivity index (χ1v) is 6.85. The van der Waals surface area contributed by atoms with Crippen molar-refractivity contribution < 1.29 is 19.7 Å². The Morgan fingerprint density at radius 2 is 2.05 bits per heavy atom. The third-order valence-electron chi connectivity index (χ3n) is 2.82. The number of nitrogens with one attached hydrogen (secondary N) is 1. The van der Waals surface area contributed by atoms with Crippen LogP contribution in [0.5, 0.6) is 5.75 Å². The molecule has 0 spiro atoms. The molecule has 0 fully saturated rings. The minimum Gasteiger partial charge on any atom is -0.491 e. The number of aliphatic hydroxyl groups is 1. The summed E-state index contributed by atoms with van der Waals surface area (Å²) in [4.78, 5) is 12.9. The van der Waals surface area contributed by atoms with E-state index in [-0.39, 0.29) is 5.56 Å². The Kier molecular flexibility index (Phi) is 6.61. The lowest BCUT2D eigenvalue weighted by atomic mass is 10.1. The highest BCUT2D eigenvalue weighted by molar-refractivity contribution is 5.90. The second-order valence-electron chi connectivity index (χ2n) is 5.56. The summed E-state index contributed by atoms with van der Waals surface area (Å²) in [5, 5.41) is 22.2. The summed E-state index contributed by atoms with van der Waals surface area (Å²) in [6, 6.07) is 6.53. The molecule has 3 N–H and O–H groups in total. The lowest BCUT2D eigenvalue weighted by molar-refractivity contribution is 0.0333. The van der Waals surface area contributed by atoms with Crippen LogP contribution in [0.25, 0.3) is 0 Å². The third kappa shape index (κ3) is 6.57. The third-order valence-corrected chi connectivity index (χ3v) is 2.82. The van der Waals surface area contributed by atoms with E-state index in [1.54, 1.807) is 25.1 Å². The molecule has 0 aliphatic heterocycles. The van der Waals surface area contributed by atoms with E-state index in [0.717, 1.165) is 0 Å². The first kappa shape index (κ1) is 17.4. The van der Waals surface area contributed by atoms with Crippen molar-refractivity contribution in [2.75, 3.05) is 40.3 Å². The number of benzene rings is 1. The lowest BCUT2D eigenvalue weighted by Gasteiger charge is -2.27. The van der Waals surface area contributed by atoms with Crippen LogP contribution in [0.4, 0.5) is 0 Å². The van der Waals surface area contributed by atoms with Gasteiger partial charge >= 0.3 is 5.97 Å². The van der Waals surface area contributed by atoms with Crippen molar-refractivity contribution in [1.29, 1.82) is 0 Å². The van der Waals surface area contributed by atoms with Crippen LogP contribution in [0.15, 0.2) is 24.3 Å². The lowest BCUT2D eigenvalue weighted by Crippen LogP contribution is -2.46. The maximum absolute atomic E-state index is 11.0. The van der Waals surface area contributed by atoms with Gasteiger partial charge in [0.1, 0.15) is 17.9 Å². The Balaban J connectivity index is 2.34. The van der Waals surface area contributed by atoms with E-state index in [0.29, 0.717) is 32.0 Å². The molecule has 1 aromatic rings. The Morgan fingerprint density at radius 3 is 2.67 bits per heavy atom. The smallest absolute Gasteiger partial charge is 0.339 e. The van der Waals surface area contributed by atoms with E-state index < -0.39 is 11.6 Å². The van der Waals surface area contributed by atoms with Gasteiger partial charge in [0.2, 0.25) is 0 Å². The number of para-hydroxylation sites is 1. The topological polar surface area (TPSA) is 82.0 Å². The minimum atomic E-state index is -1.01. The largest absolute Gasteiger partial charge is 0.491 e. The van der Waals surface area contributed by atoms with Gasteiger partial charge in [-0.05, 0) is 33.2 Å². The molecule has 1 aromatic carbocycles. The number of nitrogens with zero attached hydrogens (tertiary/aromatic N) is 1. The summed E-state index contributed by atoms with van der Waals surface area (Å²) < 4.78 is 5.46. The minimum absolute atomic E-state index is 0.150. The van der Waals surface area contributed by atoms with Gasteiger partial charge in [-0.2, -0.15) is 0 Å². The normalized spacial score (nSPS) is 14.0. The van der Waals surface area contributed by atoms with Gasteiger partial charge in [0, 0.05) is 19.6 Å². The van der Waals surface area contributed by atoms with E-state index in [9.17, 15) is 9.90 Å². The molecule has 0 aromatic heterocycles. The Labute approximate surface area is 125 Å². The average Bonchev–Trinajstić information content (AvgIpc) is 2.37. The van der Waals surface area contributed by atoms with Crippen LogP contribution in [0.1, 0.15) is 17.3 Å². The molecule has 0 bridgehead atoms.